The van der Waals surface area contributed by atoms with Gasteiger partial charge in [0.15, 0.2) is 5.16 Å². The van der Waals surface area contributed by atoms with Gasteiger partial charge in [0.2, 0.25) is 0 Å². The van der Waals surface area contributed by atoms with Crippen molar-refractivity contribution in [2.45, 2.75) is 17.3 Å². The Morgan fingerprint density at radius 3 is 2.59 bits per heavy atom. The average Bonchev–Trinajstić information content (AvgIpc) is 2.73. The lowest BCUT2D eigenvalue weighted by atomic mass is 10.1. The molecule has 1 unspecified atom stereocenters. The maximum Gasteiger partial charge on any atom is 0.168 e. The van der Waals surface area contributed by atoms with Crippen molar-refractivity contribution in [3.63, 3.8) is 0 Å². The van der Waals surface area contributed by atoms with Crippen LogP contribution in [-0.4, -0.2) is 16.1 Å². The number of rotatable bonds is 4. The van der Waals surface area contributed by atoms with Crippen LogP contribution in [0.2, 0.25) is 0 Å². The molecule has 0 fully saturated rings. The molecule has 1 aromatic carbocycles. The van der Waals surface area contributed by atoms with E-state index in [-0.39, 0.29) is 5.25 Å². The highest BCUT2D eigenvalue weighted by Gasteiger charge is 2.13. The molecule has 0 radical (unpaired) electrons. The first-order chi connectivity index (χ1) is 8.20. The molecular weight excluding hydrogens is 230 g/mol. The monoisotopic (exact) mass is 247 g/mol. The first-order valence-electron chi connectivity index (χ1n) is 5.61. The predicted octanol–water partition coefficient (Wildman–Crippen LogP) is 2.52. The van der Waals surface area contributed by atoms with Crippen molar-refractivity contribution in [3.05, 3.63) is 47.8 Å². The van der Waals surface area contributed by atoms with Gasteiger partial charge in [0.25, 0.3) is 0 Å². The Hall–Kier alpha value is -1.26. The maximum absolute atomic E-state index is 5.85. The smallest absolute Gasteiger partial charge is 0.168 e. The van der Waals surface area contributed by atoms with Crippen LogP contribution in [0.4, 0.5) is 0 Å². The van der Waals surface area contributed by atoms with Crippen LogP contribution in [0, 0.1) is 6.92 Å². The van der Waals surface area contributed by atoms with Crippen LogP contribution >= 0.6 is 11.8 Å². The number of benzene rings is 1. The summed E-state index contributed by atoms with van der Waals surface area (Å²) >= 11 is 1.71. The number of hydrogen-bond acceptors (Lipinski definition) is 3. The zero-order chi connectivity index (χ0) is 12.3. The van der Waals surface area contributed by atoms with Gasteiger partial charge in [0, 0.05) is 31.2 Å². The van der Waals surface area contributed by atoms with Gasteiger partial charge in [-0.05, 0) is 12.5 Å². The first kappa shape index (κ1) is 12.2. The fourth-order valence-electron chi connectivity index (χ4n) is 1.63. The molecule has 0 saturated carbocycles. The number of aromatic nitrogens is 2. The fraction of sp³-hybridized carbons (Fsp3) is 0.308. The highest BCUT2D eigenvalue weighted by Crippen LogP contribution is 2.33. The van der Waals surface area contributed by atoms with Gasteiger partial charge in [0.05, 0.1) is 0 Å². The molecule has 2 N–H and O–H groups in total. The molecule has 0 aliphatic heterocycles. The summed E-state index contributed by atoms with van der Waals surface area (Å²) in [6.07, 6.45) is 3.76. The number of imidazole rings is 1. The van der Waals surface area contributed by atoms with E-state index in [0.29, 0.717) is 6.54 Å². The van der Waals surface area contributed by atoms with Crippen molar-refractivity contribution >= 4 is 11.8 Å². The maximum atomic E-state index is 5.85. The van der Waals surface area contributed by atoms with Crippen LogP contribution in [0.1, 0.15) is 16.4 Å². The molecule has 2 rings (SSSR count). The molecule has 4 heteroatoms. The molecule has 90 valence electrons. The summed E-state index contributed by atoms with van der Waals surface area (Å²) in [5, 5.41) is 1.26. The molecule has 0 aliphatic rings. The lowest BCUT2D eigenvalue weighted by Gasteiger charge is -2.14. The molecule has 1 atom stereocenters. The van der Waals surface area contributed by atoms with Gasteiger partial charge < -0.3 is 10.3 Å². The van der Waals surface area contributed by atoms with E-state index < -0.39 is 0 Å². The standard InChI is InChI=1S/C13H17N3S/c1-10-3-5-11(6-4-10)12(9-14)17-13-15-7-8-16(13)2/h3-8,12H,9,14H2,1-2H3. The summed E-state index contributed by atoms with van der Waals surface area (Å²) in [4.78, 5) is 4.32. The third-order valence-corrected chi connectivity index (χ3v) is 4.04. The molecular formula is C13H17N3S. The van der Waals surface area contributed by atoms with Crippen LogP contribution in [0.3, 0.4) is 0 Å². The molecule has 0 spiro atoms. The lowest BCUT2D eigenvalue weighted by Crippen LogP contribution is -2.10. The second-order valence-electron chi connectivity index (χ2n) is 4.07. The van der Waals surface area contributed by atoms with Gasteiger partial charge in [0.1, 0.15) is 0 Å². The van der Waals surface area contributed by atoms with Gasteiger partial charge in [-0.15, -0.1) is 0 Å². The Labute approximate surface area is 106 Å². The van der Waals surface area contributed by atoms with Crippen LogP contribution in [-0.2, 0) is 7.05 Å². The zero-order valence-electron chi connectivity index (χ0n) is 10.1. The Morgan fingerprint density at radius 1 is 1.35 bits per heavy atom. The van der Waals surface area contributed by atoms with Crippen molar-refractivity contribution in [1.82, 2.24) is 9.55 Å². The van der Waals surface area contributed by atoms with Crippen molar-refractivity contribution < 1.29 is 0 Å². The lowest BCUT2D eigenvalue weighted by molar-refractivity contribution is 0.783. The Bertz CT molecular complexity index is 476. The van der Waals surface area contributed by atoms with Crippen molar-refractivity contribution in [2.24, 2.45) is 12.8 Å². The summed E-state index contributed by atoms with van der Waals surface area (Å²) in [6.45, 7) is 2.70. The highest BCUT2D eigenvalue weighted by atomic mass is 32.2. The number of aryl methyl sites for hydroxylation is 2. The Balaban J connectivity index is 2.17. The largest absolute Gasteiger partial charge is 0.329 e. The average molecular weight is 247 g/mol. The summed E-state index contributed by atoms with van der Waals surface area (Å²) in [5.74, 6) is 0. The van der Waals surface area contributed by atoms with E-state index in [1.165, 1.54) is 11.1 Å². The summed E-state index contributed by atoms with van der Waals surface area (Å²) < 4.78 is 2.02. The number of thioether (sulfide) groups is 1. The quantitative estimate of drug-likeness (QED) is 0.844. The molecule has 3 nitrogen and oxygen atoms in total. The van der Waals surface area contributed by atoms with E-state index >= 15 is 0 Å². The Morgan fingerprint density at radius 2 is 2.06 bits per heavy atom. The molecule has 1 aromatic heterocycles. The normalized spacial score (nSPS) is 12.6. The molecule has 0 aliphatic carbocycles. The minimum Gasteiger partial charge on any atom is -0.329 e. The van der Waals surface area contributed by atoms with E-state index in [9.17, 15) is 0 Å². The summed E-state index contributed by atoms with van der Waals surface area (Å²) in [7, 11) is 2.00. The minimum atomic E-state index is 0.261. The minimum absolute atomic E-state index is 0.261. The number of nitrogens with two attached hydrogens (primary N) is 1. The van der Waals surface area contributed by atoms with E-state index in [2.05, 4.69) is 36.2 Å². The third-order valence-electron chi connectivity index (χ3n) is 2.69. The molecule has 0 amide bonds. The van der Waals surface area contributed by atoms with Crippen LogP contribution in [0.15, 0.2) is 41.8 Å². The summed E-state index contributed by atoms with van der Waals surface area (Å²) in [6, 6.07) is 8.53. The highest BCUT2D eigenvalue weighted by molar-refractivity contribution is 7.99. The first-order valence-corrected chi connectivity index (χ1v) is 6.49. The van der Waals surface area contributed by atoms with Crippen LogP contribution < -0.4 is 5.73 Å². The van der Waals surface area contributed by atoms with Crippen molar-refractivity contribution in [3.8, 4) is 0 Å². The second kappa shape index (κ2) is 5.38. The molecule has 1 heterocycles. The van der Waals surface area contributed by atoms with Crippen molar-refractivity contribution in [2.75, 3.05) is 6.54 Å². The van der Waals surface area contributed by atoms with Gasteiger partial charge in [-0.1, -0.05) is 41.6 Å². The zero-order valence-corrected chi connectivity index (χ0v) is 10.9. The van der Waals surface area contributed by atoms with Gasteiger partial charge >= 0.3 is 0 Å². The van der Waals surface area contributed by atoms with Gasteiger partial charge in [-0.3, -0.25) is 0 Å². The van der Waals surface area contributed by atoms with Gasteiger partial charge in [-0.25, -0.2) is 4.98 Å². The van der Waals surface area contributed by atoms with E-state index in [1.54, 1.807) is 11.8 Å². The van der Waals surface area contributed by atoms with Crippen LogP contribution in [0.5, 0.6) is 0 Å². The van der Waals surface area contributed by atoms with Crippen LogP contribution in [0.25, 0.3) is 0 Å². The predicted molar refractivity (Wildman–Crippen MR) is 72.0 cm³/mol. The molecule has 0 saturated heterocycles. The molecule has 0 bridgehead atoms. The second-order valence-corrected chi connectivity index (χ2v) is 5.24. The Kier molecular flexibility index (Phi) is 3.86. The number of nitrogens with zero attached hydrogens (tertiary/aromatic N) is 2. The van der Waals surface area contributed by atoms with E-state index in [1.807, 2.05) is 24.0 Å². The SMILES string of the molecule is Cc1ccc(C(CN)Sc2nccn2C)cc1. The number of hydrogen-bond donors (Lipinski definition) is 1. The van der Waals surface area contributed by atoms with E-state index in [4.69, 9.17) is 5.73 Å². The van der Waals surface area contributed by atoms with E-state index in [0.717, 1.165) is 5.16 Å². The van der Waals surface area contributed by atoms with Gasteiger partial charge in [-0.2, -0.15) is 0 Å². The molecule has 2 aromatic rings. The summed E-state index contributed by atoms with van der Waals surface area (Å²) in [5.41, 5.74) is 8.38. The van der Waals surface area contributed by atoms with Crippen molar-refractivity contribution in [1.29, 1.82) is 0 Å². The fourth-order valence-corrected chi connectivity index (χ4v) is 2.62. The topological polar surface area (TPSA) is 43.8 Å². The molecule has 17 heavy (non-hydrogen) atoms. The third kappa shape index (κ3) is 2.90.